The van der Waals surface area contributed by atoms with Crippen molar-refractivity contribution < 1.29 is 18.3 Å². The zero-order chi connectivity index (χ0) is 14.8. The molecular weight excluding hydrogens is 268 g/mol. The summed E-state index contributed by atoms with van der Waals surface area (Å²) < 4.78 is 27.7. The number of nitrogens with zero attached hydrogens (tertiary/aromatic N) is 1. The van der Waals surface area contributed by atoms with Crippen molar-refractivity contribution in [3.05, 3.63) is 18.0 Å². The van der Waals surface area contributed by atoms with Gasteiger partial charge in [0.05, 0.1) is 6.04 Å². The van der Waals surface area contributed by atoms with E-state index >= 15 is 0 Å². The number of aromatic carboxylic acids is 1. The summed E-state index contributed by atoms with van der Waals surface area (Å²) >= 11 is 0. The molecule has 19 heavy (non-hydrogen) atoms. The van der Waals surface area contributed by atoms with E-state index in [1.54, 1.807) is 13.8 Å². The quantitative estimate of drug-likeness (QED) is 0.792. The molecular formula is C12H16N2O4S. The second-order valence-electron chi connectivity index (χ2n) is 4.38. The minimum absolute atomic E-state index is 0.0799. The van der Waals surface area contributed by atoms with E-state index < -0.39 is 22.0 Å². The molecule has 104 valence electrons. The normalized spacial score (nSPS) is 13.2. The number of carbonyl (C=O) groups is 1. The zero-order valence-electron chi connectivity index (χ0n) is 10.9. The molecule has 0 aromatic carbocycles. The molecule has 0 saturated carbocycles. The summed E-state index contributed by atoms with van der Waals surface area (Å²) in [6.07, 6.45) is 6.40. The molecule has 0 aliphatic rings. The van der Waals surface area contributed by atoms with Gasteiger partial charge in [-0.2, -0.15) is 4.72 Å². The summed E-state index contributed by atoms with van der Waals surface area (Å²) in [7, 11) is -3.82. The lowest BCUT2D eigenvalue weighted by Gasteiger charge is -2.09. The fourth-order valence-corrected chi connectivity index (χ4v) is 2.72. The molecule has 0 fully saturated rings. The Bertz CT molecular complexity index is 623. The largest absolute Gasteiger partial charge is 0.477 e. The summed E-state index contributed by atoms with van der Waals surface area (Å²) in [5.41, 5.74) is -0.0799. The Balaban J connectivity index is 3.27. The van der Waals surface area contributed by atoms with E-state index in [0.29, 0.717) is 0 Å². The number of rotatable bonds is 5. The van der Waals surface area contributed by atoms with Gasteiger partial charge in [0.2, 0.25) is 10.0 Å². The van der Waals surface area contributed by atoms with Crippen molar-refractivity contribution in [3.63, 3.8) is 0 Å². The van der Waals surface area contributed by atoms with Gasteiger partial charge in [0.1, 0.15) is 10.6 Å². The second-order valence-corrected chi connectivity index (χ2v) is 6.09. The first-order valence-corrected chi connectivity index (χ1v) is 7.11. The van der Waals surface area contributed by atoms with Gasteiger partial charge in [0.25, 0.3) is 0 Å². The Morgan fingerprint density at radius 3 is 2.42 bits per heavy atom. The smallest absolute Gasteiger partial charge is 0.352 e. The average molecular weight is 284 g/mol. The van der Waals surface area contributed by atoms with E-state index in [1.807, 2.05) is 0 Å². The van der Waals surface area contributed by atoms with Crippen LogP contribution >= 0.6 is 0 Å². The Morgan fingerprint density at radius 2 is 2.05 bits per heavy atom. The van der Waals surface area contributed by atoms with Gasteiger partial charge >= 0.3 is 5.97 Å². The minimum atomic E-state index is -3.82. The van der Waals surface area contributed by atoms with Crippen LogP contribution in [0.5, 0.6) is 0 Å². The standard InChI is InChI=1S/C12H16N2O4S/c1-5-9(4)13-19(17,18)10-6-11(12(15)16)14(7-10)8(2)3/h1,6-9,13H,2-4H3,(H,15,16). The van der Waals surface area contributed by atoms with Crippen LogP contribution in [0.1, 0.15) is 37.3 Å². The van der Waals surface area contributed by atoms with Crippen LogP contribution in [-0.2, 0) is 10.0 Å². The van der Waals surface area contributed by atoms with Crippen LogP contribution in [0.3, 0.4) is 0 Å². The molecule has 1 aromatic heterocycles. The van der Waals surface area contributed by atoms with E-state index in [1.165, 1.54) is 17.7 Å². The van der Waals surface area contributed by atoms with E-state index in [0.717, 1.165) is 6.07 Å². The number of carboxylic acids is 1. The molecule has 0 amide bonds. The topological polar surface area (TPSA) is 88.4 Å². The van der Waals surface area contributed by atoms with Gasteiger partial charge in [-0.05, 0) is 26.8 Å². The van der Waals surface area contributed by atoms with E-state index in [2.05, 4.69) is 10.6 Å². The highest BCUT2D eigenvalue weighted by Crippen LogP contribution is 2.19. The van der Waals surface area contributed by atoms with Gasteiger partial charge in [0, 0.05) is 12.2 Å². The number of hydrogen-bond acceptors (Lipinski definition) is 3. The molecule has 1 aromatic rings. The number of sulfonamides is 1. The summed E-state index contributed by atoms with van der Waals surface area (Å²) in [5.74, 6) is 1.06. The predicted octanol–water partition coefficient (Wildman–Crippen LogP) is 1.07. The number of hydrogen-bond donors (Lipinski definition) is 2. The Kier molecular flexibility index (Phi) is 4.39. The summed E-state index contributed by atoms with van der Waals surface area (Å²) in [6.45, 7) is 5.05. The van der Waals surface area contributed by atoms with Gasteiger partial charge in [-0.25, -0.2) is 13.2 Å². The highest BCUT2D eigenvalue weighted by atomic mass is 32.2. The monoisotopic (exact) mass is 284 g/mol. The van der Waals surface area contributed by atoms with Crippen molar-refractivity contribution in [1.82, 2.24) is 9.29 Å². The summed E-state index contributed by atoms with van der Waals surface area (Å²) in [6, 6.07) is 0.286. The van der Waals surface area contributed by atoms with E-state index in [4.69, 9.17) is 11.5 Å². The zero-order valence-corrected chi connectivity index (χ0v) is 11.7. The Labute approximate surface area is 112 Å². The lowest BCUT2D eigenvalue weighted by molar-refractivity contribution is 0.0683. The van der Waals surface area contributed by atoms with Crippen molar-refractivity contribution in [1.29, 1.82) is 0 Å². The number of nitrogens with one attached hydrogen (secondary N) is 1. The maximum absolute atomic E-state index is 12.0. The molecule has 1 atom stereocenters. The van der Waals surface area contributed by atoms with Gasteiger partial charge < -0.3 is 9.67 Å². The molecule has 0 aliphatic carbocycles. The highest BCUT2D eigenvalue weighted by Gasteiger charge is 2.23. The third kappa shape index (κ3) is 3.36. The molecule has 2 N–H and O–H groups in total. The summed E-state index contributed by atoms with van der Waals surface area (Å²) in [4.78, 5) is 11.0. The van der Waals surface area contributed by atoms with Crippen molar-refractivity contribution in [3.8, 4) is 12.3 Å². The maximum atomic E-state index is 12.0. The molecule has 0 radical (unpaired) electrons. The van der Waals surface area contributed by atoms with E-state index in [9.17, 15) is 13.2 Å². The Hall–Kier alpha value is -1.78. The lowest BCUT2D eigenvalue weighted by atomic mass is 10.3. The van der Waals surface area contributed by atoms with Crippen LogP contribution in [0, 0.1) is 12.3 Å². The highest BCUT2D eigenvalue weighted by molar-refractivity contribution is 7.89. The first kappa shape index (κ1) is 15.3. The van der Waals surface area contributed by atoms with Crippen molar-refractivity contribution in [2.45, 2.75) is 37.8 Å². The minimum Gasteiger partial charge on any atom is -0.477 e. The lowest BCUT2D eigenvalue weighted by Crippen LogP contribution is -2.31. The van der Waals surface area contributed by atoms with Crippen molar-refractivity contribution in [2.24, 2.45) is 0 Å². The second kappa shape index (κ2) is 5.47. The SMILES string of the molecule is C#CC(C)NS(=O)(=O)c1cc(C(=O)O)n(C(C)C)c1. The molecule has 1 heterocycles. The molecule has 1 unspecified atom stereocenters. The van der Waals surface area contributed by atoms with Crippen LogP contribution < -0.4 is 4.72 Å². The number of aromatic nitrogens is 1. The van der Waals surface area contributed by atoms with Gasteiger partial charge in [-0.1, -0.05) is 5.92 Å². The third-order valence-corrected chi connectivity index (χ3v) is 4.00. The predicted molar refractivity (Wildman–Crippen MR) is 70.4 cm³/mol. The van der Waals surface area contributed by atoms with Crippen LogP contribution in [0.15, 0.2) is 17.2 Å². The average Bonchev–Trinajstić information content (AvgIpc) is 2.73. The summed E-state index contributed by atoms with van der Waals surface area (Å²) in [5, 5.41) is 9.05. The van der Waals surface area contributed by atoms with Crippen LogP contribution in [0.4, 0.5) is 0 Å². The van der Waals surface area contributed by atoms with Gasteiger partial charge in [0.15, 0.2) is 0 Å². The molecule has 0 bridgehead atoms. The van der Waals surface area contributed by atoms with Crippen molar-refractivity contribution >= 4 is 16.0 Å². The Morgan fingerprint density at radius 1 is 1.47 bits per heavy atom. The van der Waals surface area contributed by atoms with Gasteiger partial charge in [-0.15, -0.1) is 6.42 Å². The molecule has 0 aliphatic heterocycles. The fourth-order valence-electron chi connectivity index (χ4n) is 1.53. The van der Waals surface area contributed by atoms with Gasteiger partial charge in [-0.3, -0.25) is 0 Å². The first-order valence-electron chi connectivity index (χ1n) is 5.62. The van der Waals surface area contributed by atoms with E-state index in [-0.39, 0.29) is 16.6 Å². The third-order valence-electron chi connectivity index (χ3n) is 2.49. The maximum Gasteiger partial charge on any atom is 0.352 e. The fraction of sp³-hybridized carbons (Fsp3) is 0.417. The van der Waals surface area contributed by atoms with Crippen LogP contribution in [0.2, 0.25) is 0 Å². The van der Waals surface area contributed by atoms with Crippen LogP contribution in [-0.4, -0.2) is 30.1 Å². The molecule has 7 heteroatoms. The number of carboxylic acid groups (broad SMARTS) is 1. The molecule has 1 rings (SSSR count). The molecule has 6 nitrogen and oxygen atoms in total. The molecule has 0 saturated heterocycles. The first-order chi connectivity index (χ1) is 8.69. The molecule has 0 spiro atoms. The van der Waals surface area contributed by atoms with Crippen LogP contribution in [0.25, 0.3) is 0 Å². The van der Waals surface area contributed by atoms with Crippen molar-refractivity contribution in [2.75, 3.05) is 0 Å². The number of terminal acetylenes is 1.